The first kappa shape index (κ1) is 14.2. The van der Waals surface area contributed by atoms with Crippen LogP contribution in [0.25, 0.3) is 0 Å². The molecule has 104 valence electrons. The zero-order valence-electron chi connectivity index (χ0n) is 11.4. The van der Waals surface area contributed by atoms with Crippen LogP contribution in [-0.4, -0.2) is 33.1 Å². The van der Waals surface area contributed by atoms with Crippen molar-refractivity contribution >= 4 is 28.9 Å². The van der Waals surface area contributed by atoms with Crippen molar-refractivity contribution in [2.45, 2.75) is 12.8 Å². The van der Waals surface area contributed by atoms with E-state index in [9.17, 15) is 4.79 Å². The van der Waals surface area contributed by atoms with E-state index in [1.165, 1.54) is 0 Å². The van der Waals surface area contributed by atoms with Gasteiger partial charge in [-0.05, 0) is 31.5 Å². The Morgan fingerprint density at radius 3 is 2.89 bits per heavy atom. The van der Waals surface area contributed by atoms with Crippen molar-refractivity contribution in [3.05, 3.63) is 23.2 Å². The maximum atomic E-state index is 12.2. The van der Waals surface area contributed by atoms with Crippen LogP contribution in [0.4, 0.5) is 11.4 Å². The van der Waals surface area contributed by atoms with E-state index in [0.717, 1.165) is 37.3 Å². The number of anilines is 2. The van der Waals surface area contributed by atoms with Crippen LogP contribution in [0.5, 0.6) is 0 Å². The third kappa shape index (κ3) is 3.39. The lowest BCUT2D eigenvalue weighted by Gasteiger charge is -2.24. The molecule has 0 bridgehead atoms. The van der Waals surface area contributed by atoms with Crippen molar-refractivity contribution in [1.82, 2.24) is 5.32 Å². The Bertz CT molecular complexity index is 456. The molecular weight excluding hydrogens is 262 g/mol. The van der Waals surface area contributed by atoms with Gasteiger partial charge in [0.1, 0.15) is 0 Å². The largest absolute Gasteiger partial charge is 0.375 e. The molecule has 1 atom stereocenters. The summed E-state index contributed by atoms with van der Waals surface area (Å²) in [5.41, 5.74) is 1.62. The van der Waals surface area contributed by atoms with Crippen molar-refractivity contribution in [1.29, 1.82) is 0 Å². The lowest BCUT2D eigenvalue weighted by molar-refractivity contribution is -0.120. The molecule has 1 amide bonds. The van der Waals surface area contributed by atoms with E-state index < -0.39 is 0 Å². The molecule has 1 aliphatic heterocycles. The topological polar surface area (TPSA) is 44.4 Å². The number of benzene rings is 1. The minimum Gasteiger partial charge on any atom is -0.375 e. The summed E-state index contributed by atoms with van der Waals surface area (Å²) in [5.74, 6) is 0.111. The molecule has 0 spiro atoms. The van der Waals surface area contributed by atoms with Crippen molar-refractivity contribution in [2.75, 3.05) is 37.4 Å². The highest BCUT2D eigenvalue weighted by Gasteiger charge is 2.22. The zero-order valence-corrected chi connectivity index (χ0v) is 12.1. The van der Waals surface area contributed by atoms with E-state index in [0.29, 0.717) is 5.02 Å². The second-order valence-corrected chi connectivity index (χ2v) is 5.47. The van der Waals surface area contributed by atoms with Gasteiger partial charge in [-0.2, -0.15) is 0 Å². The van der Waals surface area contributed by atoms with E-state index in [2.05, 4.69) is 10.6 Å². The minimum absolute atomic E-state index is 0.0442. The van der Waals surface area contributed by atoms with Crippen molar-refractivity contribution in [3.63, 3.8) is 0 Å². The van der Waals surface area contributed by atoms with Gasteiger partial charge in [-0.25, -0.2) is 0 Å². The first-order valence-electron chi connectivity index (χ1n) is 6.57. The SMILES string of the molecule is CN(C)c1c(Cl)cccc1NC(=O)[C@H]1CCCNC1. The average molecular weight is 282 g/mol. The molecule has 1 fully saturated rings. The molecule has 0 radical (unpaired) electrons. The fraction of sp³-hybridized carbons (Fsp3) is 0.500. The Morgan fingerprint density at radius 1 is 1.47 bits per heavy atom. The Morgan fingerprint density at radius 2 is 2.26 bits per heavy atom. The minimum atomic E-state index is 0.0442. The number of hydrogen-bond donors (Lipinski definition) is 2. The molecular formula is C14H20ClN3O. The molecule has 0 aliphatic carbocycles. The van der Waals surface area contributed by atoms with Crippen LogP contribution in [0, 0.1) is 5.92 Å². The van der Waals surface area contributed by atoms with E-state index in [-0.39, 0.29) is 11.8 Å². The van der Waals surface area contributed by atoms with Crippen LogP contribution in [0.1, 0.15) is 12.8 Å². The maximum Gasteiger partial charge on any atom is 0.228 e. The van der Waals surface area contributed by atoms with E-state index in [1.807, 2.05) is 37.2 Å². The number of halogens is 1. The smallest absolute Gasteiger partial charge is 0.228 e. The second-order valence-electron chi connectivity index (χ2n) is 5.06. The molecule has 5 heteroatoms. The fourth-order valence-corrected chi connectivity index (χ4v) is 2.72. The van der Waals surface area contributed by atoms with Gasteiger partial charge in [-0.1, -0.05) is 17.7 Å². The van der Waals surface area contributed by atoms with Crippen molar-refractivity contribution < 1.29 is 4.79 Å². The van der Waals surface area contributed by atoms with Gasteiger partial charge in [0.2, 0.25) is 5.91 Å². The molecule has 4 nitrogen and oxygen atoms in total. The molecule has 0 aromatic heterocycles. The fourth-order valence-electron chi connectivity index (χ4n) is 2.38. The van der Waals surface area contributed by atoms with Gasteiger partial charge in [-0.15, -0.1) is 0 Å². The summed E-state index contributed by atoms with van der Waals surface area (Å²) < 4.78 is 0. The predicted molar refractivity (Wildman–Crippen MR) is 80.0 cm³/mol. The van der Waals surface area contributed by atoms with Gasteiger partial charge in [0.15, 0.2) is 0 Å². The van der Waals surface area contributed by atoms with E-state index in [1.54, 1.807) is 0 Å². The Labute approximate surface area is 119 Å². The quantitative estimate of drug-likeness (QED) is 0.894. The maximum absolute atomic E-state index is 12.2. The highest BCUT2D eigenvalue weighted by atomic mass is 35.5. The third-order valence-electron chi connectivity index (χ3n) is 3.36. The molecule has 19 heavy (non-hydrogen) atoms. The number of carbonyl (C=O) groups excluding carboxylic acids is 1. The molecule has 1 aromatic rings. The van der Waals surface area contributed by atoms with Gasteiger partial charge < -0.3 is 15.5 Å². The third-order valence-corrected chi connectivity index (χ3v) is 3.66. The molecule has 1 saturated heterocycles. The first-order chi connectivity index (χ1) is 9.09. The normalized spacial score (nSPS) is 19.0. The Balaban J connectivity index is 2.14. The Kier molecular flexibility index (Phi) is 4.66. The average Bonchev–Trinajstić information content (AvgIpc) is 2.39. The summed E-state index contributed by atoms with van der Waals surface area (Å²) in [7, 11) is 3.83. The number of hydrogen-bond acceptors (Lipinski definition) is 3. The molecule has 0 saturated carbocycles. The van der Waals surface area contributed by atoms with E-state index in [4.69, 9.17) is 11.6 Å². The van der Waals surface area contributed by atoms with Gasteiger partial charge in [-0.3, -0.25) is 4.79 Å². The van der Waals surface area contributed by atoms with Crippen LogP contribution in [-0.2, 0) is 4.79 Å². The summed E-state index contributed by atoms with van der Waals surface area (Å²) in [6.45, 7) is 1.76. The van der Waals surface area contributed by atoms with Crippen LogP contribution in [0.15, 0.2) is 18.2 Å². The Hall–Kier alpha value is -1.26. The van der Waals surface area contributed by atoms with Crippen LogP contribution < -0.4 is 15.5 Å². The summed E-state index contributed by atoms with van der Waals surface area (Å²) in [5, 5.41) is 6.89. The zero-order chi connectivity index (χ0) is 13.8. The number of rotatable bonds is 3. The lowest BCUT2D eigenvalue weighted by atomic mass is 9.98. The first-order valence-corrected chi connectivity index (χ1v) is 6.95. The van der Waals surface area contributed by atoms with Crippen LogP contribution in [0.2, 0.25) is 5.02 Å². The standard InChI is InChI=1S/C14H20ClN3O/c1-18(2)13-11(15)6-3-7-12(13)17-14(19)10-5-4-8-16-9-10/h3,6-7,10,16H,4-5,8-9H2,1-2H3,(H,17,19)/t10-/m0/s1. The van der Waals surface area contributed by atoms with Crippen molar-refractivity contribution in [2.24, 2.45) is 5.92 Å². The summed E-state index contributed by atoms with van der Waals surface area (Å²) in [6, 6.07) is 5.56. The number of amides is 1. The molecule has 1 heterocycles. The monoisotopic (exact) mass is 281 g/mol. The van der Waals surface area contributed by atoms with Gasteiger partial charge in [0.25, 0.3) is 0 Å². The molecule has 1 aromatic carbocycles. The molecule has 2 rings (SSSR count). The number of carbonyl (C=O) groups is 1. The molecule has 1 aliphatic rings. The van der Waals surface area contributed by atoms with Gasteiger partial charge in [0, 0.05) is 20.6 Å². The number of piperidine rings is 1. The predicted octanol–water partition coefficient (Wildman–Crippen LogP) is 2.34. The van der Waals surface area contributed by atoms with Gasteiger partial charge >= 0.3 is 0 Å². The summed E-state index contributed by atoms with van der Waals surface area (Å²) >= 11 is 6.19. The second kappa shape index (κ2) is 6.26. The van der Waals surface area contributed by atoms with E-state index >= 15 is 0 Å². The summed E-state index contributed by atoms with van der Waals surface area (Å²) in [4.78, 5) is 14.2. The molecule has 2 N–H and O–H groups in total. The van der Waals surface area contributed by atoms with Crippen LogP contribution >= 0.6 is 11.6 Å². The van der Waals surface area contributed by atoms with Gasteiger partial charge in [0.05, 0.1) is 22.3 Å². The highest BCUT2D eigenvalue weighted by molar-refractivity contribution is 6.34. The number of nitrogens with zero attached hydrogens (tertiary/aromatic N) is 1. The van der Waals surface area contributed by atoms with Crippen molar-refractivity contribution in [3.8, 4) is 0 Å². The highest BCUT2D eigenvalue weighted by Crippen LogP contribution is 2.32. The number of nitrogens with one attached hydrogen (secondary N) is 2. The number of para-hydroxylation sites is 1. The molecule has 0 unspecified atom stereocenters. The summed E-state index contributed by atoms with van der Waals surface area (Å²) in [6.07, 6.45) is 1.99. The van der Waals surface area contributed by atoms with Crippen LogP contribution in [0.3, 0.4) is 0 Å². The lowest BCUT2D eigenvalue weighted by Crippen LogP contribution is -2.37.